The third-order valence-corrected chi connectivity index (χ3v) is 3.12. The number of carbonyl (C=O) groups excluding carboxylic acids is 1. The molecule has 0 heterocycles. The molecule has 4 nitrogen and oxygen atoms in total. The zero-order valence-corrected chi connectivity index (χ0v) is 11.3. The number of phenols is 1. The predicted molar refractivity (Wildman–Crippen MR) is 72.3 cm³/mol. The van der Waals surface area contributed by atoms with E-state index in [1.807, 2.05) is 25.8 Å². The van der Waals surface area contributed by atoms with Crippen LogP contribution in [0.25, 0.3) is 0 Å². The molecule has 4 heteroatoms. The lowest BCUT2D eigenvalue weighted by Crippen LogP contribution is -2.44. The predicted octanol–water partition coefficient (Wildman–Crippen LogP) is 1.74. The minimum Gasteiger partial charge on any atom is -0.508 e. The number of hydrogen-bond donors (Lipinski definition) is 2. The summed E-state index contributed by atoms with van der Waals surface area (Å²) in [5, 5.41) is 12.1. The Hall–Kier alpha value is -1.55. The van der Waals surface area contributed by atoms with E-state index in [9.17, 15) is 9.90 Å². The highest BCUT2D eigenvalue weighted by Crippen LogP contribution is 2.09. The normalized spacial score (nSPS) is 12.4. The van der Waals surface area contributed by atoms with Crippen LogP contribution in [0.1, 0.15) is 25.8 Å². The summed E-state index contributed by atoms with van der Waals surface area (Å²) in [7, 11) is 1.95. The Bertz CT molecular complexity index is 376. The van der Waals surface area contributed by atoms with Crippen LogP contribution in [0.4, 0.5) is 0 Å². The maximum absolute atomic E-state index is 12.0. The molecule has 0 saturated carbocycles. The first-order valence-electron chi connectivity index (χ1n) is 6.34. The molecule has 1 rings (SSSR count). The van der Waals surface area contributed by atoms with Gasteiger partial charge in [0.1, 0.15) is 5.75 Å². The van der Waals surface area contributed by atoms with Crippen molar-refractivity contribution in [1.82, 2.24) is 10.2 Å². The molecular formula is C14H22N2O2. The van der Waals surface area contributed by atoms with Crippen LogP contribution in [0.3, 0.4) is 0 Å². The summed E-state index contributed by atoms with van der Waals surface area (Å²) in [4.78, 5) is 14.0. The molecule has 18 heavy (non-hydrogen) atoms. The van der Waals surface area contributed by atoms with Gasteiger partial charge in [-0.1, -0.05) is 26.0 Å². The Morgan fingerprint density at radius 2 is 1.94 bits per heavy atom. The van der Waals surface area contributed by atoms with E-state index in [1.165, 1.54) is 0 Å². The number of nitrogens with zero attached hydrogens (tertiary/aromatic N) is 1. The van der Waals surface area contributed by atoms with Gasteiger partial charge < -0.3 is 10.4 Å². The summed E-state index contributed by atoms with van der Waals surface area (Å²) in [6, 6.07) is 6.78. The molecule has 0 spiro atoms. The van der Waals surface area contributed by atoms with Crippen LogP contribution in [0.15, 0.2) is 24.3 Å². The Labute approximate surface area is 109 Å². The van der Waals surface area contributed by atoms with Crippen molar-refractivity contribution in [2.45, 2.75) is 32.9 Å². The highest BCUT2D eigenvalue weighted by molar-refractivity contribution is 5.81. The number of phenolic OH excluding ortho intramolecular Hbond substituents is 1. The molecule has 0 saturated heterocycles. The van der Waals surface area contributed by atoms with E-state index in [4.69, 9.17) is 0 Å². The van der Waals surface area contributed by atoms with E-state index >= 15 is 0 Å². The molecule has 0 aromatic heterocycles. The van der Waals surface area contributed by atoms with Crippen molar-refractivity contribution in [3.63, 3.8) is 0 Å². The Morgan fingerprint density at radius 3 is 2.44 bits per heavy atom. The molecule has 1 atom stereocenters. The topological polar surface area (TPSA) is 52.6 Å². The summed E-state index contributed by atoms with van der Waals surface area (Å²) in [5.74, 6) is 0.289. The standard InChI is InChI=1S/C14H22N2O2/c1-4-13(16(3)5-2)14(18)15-10-11-6-8-12(17)9-7-11/h6-9,13,17H,4-5,10H2,1-3H3,(H,15,18). The molecule has 0 radical (unpaired) electrons. The quantitative estimate of drug-likeness (QED) is 0.808. The second kappa shape index (κ2) is 7.01. The Balaban J connectivity index is 2.51. The molecule has 0 fully saturated rings. The molecule has 1 unspecified atom stereocenters. The summed E-state index contributed by atoms with van der Waals surface area (Å²) in [6.45, 7) is 5.39. The minimum absolute atomic E-state index is 0.0509. The molecule has 1 aromatic rings. The summed E-state index contributed by atoms with van der Waals surface area (Å²) in [6.07, 6.45) is 0.797. The van der Waals surface area contributed by atoms with Gasteiger partial charge in [-0.15, -0.1) is 0 Å². The van der Waals surface area contributed by atoms with Crippen molar-refractivity contribution in [1.29, 1.82) is 0 Å². The lowest BCUT2D eigenvalue weighted by Gasteiger charge is -2.24. The van der Waals surface area contributed by atoms with E-state index in [1.54, 1.807) is 24.3 Å². The number of hydrogen-bond acceptors (Lipinski definition) is 3. The van der Waals surface area contributed by atoms with Crippen LogP contribution in [0.2, 0.25) is 0 Å². The molecule has 0 aliphatic rings. The van der Waals surface area contributed by atoms with Gasteiger partial charge in [0.25, 0.3) is 0 Å². The van der Waals surface area contributed by atoms with Crippen LogP contribution in [-0.2, 0) is 11.3 Å². The van der Waals surface area contributed by atoms with Crippen LogP contribution < -0.4 is 5.32 Å². The van der Waals surface area contributed by atoms with E-state index in [-0.39, 0.29) is 17.7 Å². The maximum atomic E-state index is 12.0. The summed E-state index contributed by atoms with van der Waals surface area (Å²) < 4.78 is 0. The van der Waals surface area contributed by atoms with Gasteiger partial charge >= 0.3 is 0 Å². The highest BCUT2D eigenvalue weighted by Gasteiger charge is 2.19. The van der Waals surface area contributed by atoms with Gasteiger partial charge in [-0.05, 0) is 37.7 Å². The number of benzene rings is 1. The molecule has 0 bridgehead atoms. The minimum atomic E-state index is -0.0767. The largest absolute Gasteiger partial charge is 0.508 e. The number of rotatable bonds is 6. The molecule has 2 N–H and O–H groups in total. The molecule has 1 amide bonds. The van der Waals surface area contributed by atoms with E-state index in [0.29, 0.717) is 6.54 Å². The van der Waals surface area contributed by atoms with E-state index in [0.717, 1.165) is 18.5 Å². The number of nitrogens with one attached hydrogen (secondary N) is 1. The number of amides is 1. The summed E-state index contributed by atoms with van der Waals surface area (Å²) >= 11 is 0. The highest BCUT2D eigenvalue weighted by atomic mass is 16.3. The van der Waals surface area contributed by atoms with Crippen LogP contribution in [0.5, 0.6) is 5.75 Å². The van der Waals surface area contributed by atoms with Gasteiger partial charge in [0, 0.05) is 6.54 Å². The van der Waals surface area contributed by atoms with Gasteiger partial charge in [0.05, 0.1) is 6.04 Å². The van der Waals surface area contributed by atoms with Gasteiger partial charge in [0.2, 0.25) is 5.91 Å². The van der Waals surface area contributed by atoms with E-state index < -0.39 is 0 Å². The van der Waals surface area contributed by atoms with Crippen LogP contribution in [0, 0.1) is 0 Å². The fourth-order valence-corrected chi connectivity index (χ4v) is 1.84. The van der Waals surface area contributed by atoms with Crippen LogP contribution >= 0.6 is 0 Å². The fourth-order valence-electron chi connectivity index (χ4n) is 1.84. The lowest BCUT2D eigenvalue weighted by atomic mass is 10.1. The monoisotopic (exact) mass is 250 g/mol. The second-order valence-corrected chi connectivity index (χ2v) is 4.38. The van der Waals surface area contributed by atoms with Crippen LogP contribution in [-0.4, -0.2) is 35.5 Å². The fraction of sp³-hybridized carbons (Fsp3) is 0.500. The van der Waals surface area contributed by atoms with Crippen molar-refractivity contribution < 1.29 is 9.90 Å². The summed E-state index contributed by atoms with van der Waals surface area (Å²) in [5.41, 5.74) is 0.982. The first kappa shape index (κ1) is 14.5. The molecule has 100 valence electrons. The van der Waals surface area contributed by atoms with Gasteiger partial charge in [-0.2, -0.15) is 0 Å². The Kier molecular flexibility index (Phi) is 5.65. The molecule has 0 aliphatic carbocycles. The van der Waals surface area contributed by atoms with Gasteiger partial charge in [-0.3, -0.25) is 9.69 Å². The van der Waals surface area contributed by atoms with Crippen molar-refractivity contribution in [2.75, 3.05) is 13.6 Å². The number of aromatic hydroxyl groups is 1. The molecule has 0 aliphatic heterocycles. The SMILES string of the molecule is CCC(C(=O)NCc1ccc(O)cc1)N(C)CC. The third kappa shape index (κ3) is 4.04. The van der Waals surface area contributed by atoms with Crippen molar-refractivity contribution in [3.8, 4) is 5.75 Å². The number of likely N-dealkylation sites (N-methyl/N-ethyl adjacent to an activating group) is 1. The lowest BCUT2D eigenvalue weighted by molar-refractivity contribution is -0.126. The average molecular weight is 250 g/mol. The molecular weight excluding hydrogens is 228 g/mol. The van der Waals surface area contributed by atoms with Crippen molar-refractivity contribution in [2.24, 2.45) is 0 Å². The van der Waals surface area contributed by atoms with E-state index in [2.05, 4.69) is 5.32 Å². The maximum Gasteiger partial charge on any atom is 0.237 e. The smallest absolute Gasteiger partial charge is 0.237 e. The third-order valence-electron chi connectivity index (χ3n) is 3.12. The zero-order chi connectivity index (χ0) is 13.5. The van der Waals surface area contributed by atoms with Crippen molar-refractivity contribution in [3.05, 3.63) is 29.8 Å². The Morgan fingerprint density at radius 1 is 1.33 bits per heavy atom. The van der Waals surface area contributed by atoms with Crippen molar-refractivity contribution >= 4 is 5.91 Å². The first-order valence-corrected chi connectivity index (χ1v) is 6.34. The molecule has 1 aromatic carbocycles. The zero-order valence-electron chi connectivity index (χ0n) is 11.3. The number of carbonyl (C=O) groups is 1. The van der Waals surface area contributed by atoms with Gasteiger partial charge in [-0.25, -0.2) is 0 Å². The second-order valence-electron chi connectivity index (χ2n) is 4.38. The first-order chi connectivity index (χ1) is 8.58. The average Bonchev–Trinajstić information content (AvgIpc) is 2.38. The van der Waals surface area contributed by atoms with Gasteiger partial charge in [0.15, 0.2) is 0 Å².